The molecule has 0 saturated heterocycles. The second-order valence-corrected chi connectivity index (χ2v) is 12.3. The first-order chi connectivity index (χ1) is 15.2. The number of fused-ring (bicyclic) bond motifs is 1. The smallest absolute Gasteiger partial charge is 0.330 e. The number of hydrogen-bond acceptors (Lipinski definition) is 6. The molecule has 9 heteroatoms. The molecule has 1 aliphatic carbocycles. The molecule has 2 heterocycles. The molecule has 1 saturated carbocycles. The van der Waals surface area contributed by atoms with Gasteiger partial charge in [-0.25, -0.2) is 9.78 Å². The van der Waals surface area contributed by atoms with Crippen molar-refractivity contribution >= 4 is 38.9 Å². The van der Waals surface area contributed by atoms with E-state index >= 15 is 0 Å². The number of imidazole rings is 1. The standard InChI is InChI=1S/C24H36N6O2S/c1-14(25)33-19(26)21(31)28-18-12-15(10-11-24(18,5)6)16-8-9-17-20(27-16)29(7)22(32)30(17)13-23(2,3)4/h8-9,15,18,25-26H,10-13H2,1-7H3,(H,28,31). The van der Waals surface area contributed by atoms with Crippen molar-refractivity contribution in [1.82, 2.24) is 19.4 Å². The number of carbonyl (C=O) groups excluding carboxylic acids is 1. The summed E-state index contributed by atoms with van der Waals surface area (Å²) in [5.74, 6) is -0.282. The lowest BCUT2D eigenvalue weighted by atomic mass is 9.68. The van der Waals surface area contributed by atoms with Gasteiger partial charge in [-0.2, -0.15) is 0 Å². The molecule has 2 atom stereocenters. The molecule has 1 fully saturated rings. The number of aryl methyl sites for hydroxylation is 1. The summed E-state index contributed by atoms with van der Waals surface area (Å²) in [6.45, 7) is 12.8. The van der Waals surface area contributed by atoms with Crippen molar-refractivity contribution in [2.45, 2.75) is 79.3 Å². The molecule has 1 aliphatic rings. The fourth-order valence-electron chi connectivity index (χ4n) is 4.53. The fraction of sp³-hybridized carbons (Fsp3) is 0.625. The summed E-state index contributed by atoms with van der Waals surface area (Å²) in [6, 6.07) is 3.90. The topological polar surface area (TPSA) is 117 Å². The van der Waals surface area contributed by atoms with Gasteiger partial charge in [-0.15, -0.1) is 0 Å². The number of nitrogens with zero attached hydrogens (tertiary/aromatic N) is 3. The van der Waals surface area contributed by atoms with Gasteiger partial charge in [-0.3, -0.25) is 24.7 Å². The first-order valence-corrected chi connectivity index (χ1v) is 12.2. The second-order valence-electron chi connectivity index (χ2n) is 11.0. The zero-order chi connectivity index (χ0) is 24.7. The highest BCUT2D eigenvalue weighted by Crippen LogP contribution is 2.42. The van der Waals surface area contributed by atoms with Gasteiger partial charge in [0.1, 0.15) is 0 Å². The van der Waals surface area contributed by atoms with Crippen LogP contribution in [0.2, 0.25) is 0 Å². The summed E-state index contributed by atoms with van der Waals surface area (Å²) in [6.07, 6.45) is 2.58. The molecular weight excluding hydrogens is 436 g/mol. The highest BCUT2D eigenvalue weighted by molar-refractivity contribution is 8.27. The normalized spacial score (nSPS) is 20.6. The summed E-state index contributed by atoms with van der Waals surface area (Å²) in [5, 5.41) is 18.6. The zero-order valence-corrected chi connectivity index (χ0v) is 21.5. The van der Waals surface area contributed by atoms with Crippen molar-refractivity contribution in [2.24, 2.45) is 17.9 Å². The third kappa shape index (κ3) is 5.57. The van der Waals surface area contributed by atoms with Gasteiger partial charge in [0.2, 0.25) is 0 Å². The largest absolute Gasteiger partial charge is 0.347 e. The van der Waals surface area contributed by atoms with Crippen LogP contribution in [0.1, 0.15) is 72.4 Å². The number of thioether (sulfide) groups is 1. The second kappa shape index (κ2) is 9.08. The molecule has 2 aromatic rings. The molecule has 1 amide bonds. The number of hydrogen-bond donors (Lipinski definition) is 3. The van der Waals surface area contributed by atoms with Crippen LogP contribution in [0.15, 0.2) is 16.9 Å². The Bertz CT molecular complexity index is 1150. The Morgan fingerprint density at radius 2 is 1.97 bits per heavy atom. The van der Waals surface area contributed by atoms with E-state index in [4.69, 9.17) is 15.8 Å². The molecule has 0 bridgehead atoms. The molecule has 3 N–H and O–H groups in total. The molecule has 0 spiro atoms. The van der Waals surface area contributed by atoms with Gasteiger partial charge in [0.05, 0.1) is 10.6 Å². The van der Waals surface area contributed by atoms with E-state index < -0.39 is 5.91 Å². The van der Waals surface area contributed by atoms with E-state index in [-0.39, 0.29) is 38.6 Å². The van der Waals surface area contributed by atoms with Gasteiger partial charge in [-0.05, 0) is 49.1 Å². The van der Waals surface area contributed by atoms with Crippen LogP contribution in [0.3, 0.4) is 0 Å². The zero-order valence-electron chi connectivity index (χ0n) is 20.7. The Balaban J connectivity index is 1.87. The van der Waals surface area contributed by atoms with E-state index in [0.29, 0.717) is 12.2 Å². The van der Waals surface area contributed by atoms with Crippen LogP contribution in [0.4, 0.5) is 0 Å². The summed E-state index contributed by atoms with van der Waals surface area (Å²) < 4.78 is 3.42. The lowest BCUT2D eigenvalue weighted by Gasteiger charge is -2.42. The molecule has 2 aromatic heterocycles. The predicted octanol–water partition coefficient (Wildman–Crippen LogP) is 4.27. The van der Waals surface area contributed by atoms with Crippen molar-refractivity contribution in [3.63, 3.8) is 0 Å². The van der Waals surface area contributed by atoms with Crippen LogP contribution in [-0.2, 0) is 18.4 Å². The van der Waals surface area contributed by atoms with Crippen LogP contribution in [-0.4, -0.2) is 36.2 Å². The van der Waals surface area contributed by atoms with E-state index in [2.05, 4.69) is 39.9 Å². The van der Waals surface area contributed by atoms with Crippen molar-refractivity contribution in [3.05, 3.63) is 28.3 Å². The molecular formula is C24H36N6O2S. The SMILES string of the molecule is CC(=N)SC(=N)C(=O)NC1CC(c2ccc3c(n2)n(C)c(=O)n3CC(C)(C)C)CCC1(C)C. The van der Waals surface area contributed by atoms with Crippen LogP contribution in [0.25, 0.3) is 11.2 Å². The Kier molecular flexibility index (Phi) is 6.94. The molecule has 0 aromatic carbocycles. The first kappa shape index (κ1) is 25.2. The maximum absolute atomic E-state index is 12.9. The van der Waals surface area contributed by atoms with Gasteiger partial charge in [0.25, 0.3) is 5.91 Å². The van der Waals surface area contributed by atoms with E-state index in [9.17, 15) is 9.59 Å². The number of pyridine rings is 1. The van der Waals surface area contributed by atoms with E-state index in [1.165, 1.54) is 0 Å². The van der Waals surface area contributed by atoms with E-state index in [1.807, 2.05) is 12.1 Å². The quantitative estimate of drug-likeness (QED) is 0.457. The molecule has 3 rings (SSSR count). The Morgan fingerprint density at radius 3 is 2.58 bits per heavy atom. The highest BCUT2D eigenvalue weighted by atomic mass is 32.2. The third-order valence-corrected chi connectivity index (χ3v) is 7.12. The summed E-state index contributed by atoms with van der Waals surface area (Å²) >= 11 is 0.866. The predicted molar refractivity (Wildman–Crippen MR) is 135 cm³/mol. The van der Waals surface area contributed by atoms with Crippen molar-refractivity contribution in [3.8, 4) is 0 Å². The van der Waals surface area contributed by atoms with Crippen molar-refractivity contribution in [1.29, 1.82) is 10.8 Å². The summed E-state index contributed by atoms with van der Waals surface area (Å²) in [5.41, 5.74) is 2.27. The molecule has 33 heavy (non-hydrogen) atoms. The number of nitrogens with one attached hydrogen (secondary N) is 3. The van der Waals surface area contributed by atoms with E-state index in [1.54, 1.807) is 23.1 Å². The first-order valence-electron chi connectivity index (χ1n) is 11.4. The Morgan fingerprint density at radius 1 is 1.30 bits per heavy atom. The number of aromatic nitrogens is 3. The lowest BCUT2D eigenvalue weighted by molar-refractivity contribution is -0.116. The van der Waals surface area contributed by atoms with Crippen molar-refractivity contribution < 1.29 is 4.79 Å². The molecule has 180 valence electrons. The maximum atomic E-state index is 12.9. The number of rotatable bonds is 3. The average Bonchev–Trinajstić information content (AvgIpc) is 2.92. The van der Waals surface area contributed by atoms with Gasteiger partial charge in [0.15, 0.2) is 10.7 Å². The minimum Gasteiger partial charge on any atom is -0.347 e. The number of amides is 1. The Labute approximate surface area is 199 Å². The highest BCUT2D eigenvalue weighted by Gasteiger charge is 2.39. The monoisotopic (exact) mass is 472 g/mol. The molecule has 0 aliphatic heterocycles. The van der Waals surface area contributed by atoms with Crippen LogP contribution >= 0.6 is 11.8 Å². The van der Waals surface area contributed by atoms with E-state index in [0.717, 1.165) is 42.2 Å². The van der Waals surface area contributed by atoms with Gasteiger partial charge in [-0.1, -0.05) is 46.4 Å². The fourth-order valence-corrected chi connectivity index (χ4v) is 4.99. The minimum absolute atomic E-state index is 0.0283. The average molecular weight is 473 g/mol. The summed E-state index contributed by atoms with van der Waals surface area (Å²) in [4.78, 5) is 30.3. The van der Waals surface area contributed by atoms with Crippen LogP contribution in [0, 0.1) is 21.6 Å². The molecule has 2 unspecified atom stereocenters. The molecule has 8 nitrogen and oxygen atoms in total. The Hall–Kier alpha value is -2.42. The van der Waals surface area contributed by atoms with Gasteiger partial charge >= 0.3 is 5.69 Å². The lowest BCUT2D eigenvalue weighted by Crippen LogP contribution is -2.49. The summed E-state index contributed by atoms with van der Waals surface area (Å²) in [7, 11) is 1.77. The van der Waals surface area contributed by atoms with Gasteiger partial charge < -0.3 is 5.32 Å². The minimum atomic E-state index is -0.435. The van der Waals surface area contributed by atoms with Crippen LogP contribution in [0.5, 0.6) is 0 Å². The van der Waals surface area contributed by atoms with Crippen molar-refractivity contribution in [2.75, 3.05) is 0 Å². The molecule has 0 radical (unpaired) electrons. The van der Waals surface area contributed by atoms with Crippen LogP contribution < -0.4 is 11.0 Å². The maximum Gasteiger partial charge on any atom is 0.330 e. The third-order valence-electron chi connectivity index (χ3n) is 6.42. The number of carbonyl (C=O) groups is 1. The van der Waals surface area contributed by atoms with Gasteiger partial charge in [0, 0.05) is 31.2 Å².